The Morgan fingerprint density at radius 2 is 2.04 bits per heavy atom. The van der Waals surface area contributed by atoms with Crippen LogP contribution in [-0.4, -0.2) is 74.5 Å². The van der Waals surface area contributed by atoms with Gasteiger partial charge in [-0.15, -0.1) is 0 Å². The van der Waals surface area contributed by atoms with E-state index in [2.05, 4.69) is 10.5 Å². The summed E-state index contributed by atoms with van der Waals surface area (Å²) in [5, 5.41) is 6.31. The Morgan fingerprint density at radius 1 is 1.38 bits per heavy atom. The Bertz CT molecular complexity index is 652. The van der Waals surface area contributed by atoms with Crippen LogP contribution in [0.2, 0.25) is 0 Å². The summed E-state index contributed by atoms with van der Waals surface area (Å²) in [6.07, 6.45) is 1.28. The molecule has 1 fully saturated rings. The van der Waals surface area contributed by atoms with Crippen molar-refractivity contribution in [1.82, 2.24) is 19.1 Å². The van der Waals surface area contributed by atoms with Crippen molar-refractivity contribution < 1.29 is 22.5 Å². The molecule has 0 bridgehead atoms. The van der Waals surface area contributed by atoms with Crippen molar-refractivity contribution in [2.75, 3.05) is 40.4 Å². The number of carbonyl (C=O) groups excluding carboxylic acids is 1. The molecule has 0 saturated carbocycles. The highest BCUT2D eigenvalue weighted by Crippen LogP contribution is 2.19. The molecule has 1 saturated heterocycles. The SMILES string of the molecule is Cc1cc(C(=O)NCCN(C2CCOCC2)S(=O)(=O)N(C)C)no1. The van der Waals surface area contributed by atoms with Crippen LogP contribution in [0.15, 0.2) is 10.6 Å². The van der Waals surface area contributed by atoms with Crippen molar-refractivity contribution in [3.8, 4) is 0 Å². The maximum atomic E-state index is 12.5. The van der Waals surface area contributed by atoms with Gasteiger partial charge in [-0.05, 0) is 19.8 Å². The second-order valence-electron chi connectivity index (χ2n) is 5.82. The minimum atomic E-state index is -3.57. The van der Waals surface area contributed by atoms with E-state index in [1.807, 2.05) is 0 Å². The van der Waals surface area contributed by atoms with Gasteiger partial charge in [0.1, 0.15) is 5.76 Å². The lowest BCUT2D eigenvalue weighted by molar-refractivity contribution is 0.0571. The van der Waals surface area contributed by atoms with Crippen molar-refractivity contribution in [3.05, 3.63) is 17.5 Å². The molecule has 1 amide bonds. The van der Waals surface area contributed by atoms with Crippen LogP contribution in [0.4, 0.5) is 0 Å². The molecule has 10 heteroatoms. The molecule has 2 rings (SSSR count). The zero-order valence-electron chi connectivity index (χ0n) is 14.2. The quantitative estimate of drug-likeness (QED) is 0.734. The van der Waals surface area contributed by atoms with E-state index in [0.29, 0.717) is 31.8 Å². The smallest absolute Gasteiger partial charge is 0.281 e. The van der Waals surface area contributed by atoms with Crippen molar-refractivity contribution in [2.24, 2.45) is 0 Å². The first-order valence-corrected chi connectivity index (χ1v) is 9.20. The van der Waals surface area contributed by atoms with Crippen molar-refractivity contribution >= 4 is 16.1 Å². The fraction of sp³-hybridized carbons (Fsp3) is 0.714. The van der Waals surface area contributed by atoms with Gasteiger partial charge in [0, 0.05) is 52.5 Å². The summed E-state index contributed by atoms with van der Waals surface area (Å²) >= 11 is 0. The van der Waals surface area contributed by atoms with Gasteiger partial charge in [-0.1, -0.05) is 5.16 Å². The van der Waals surface area contributed by atoms with E-state index >= 15 is 0 Å². The van der Waals surface area contributed by atoms with Crippen LogP contribution in [0.25, 0.3) is 0 Å². The number of amides is 1. The van der Waals surface area contributed by atoms with Gasteiger partial charge in [0.05, 0.1) is 0 Å². The zero-order valence-corrected chi connectivity index (χ0v) is 15.0. The fourth-order valence-corrected chi connectivity index (χ4v) is 3.84. The average Bonchev–Trinajstić information content (AvgIpc) is 2.98. The lowest BCUT2D eigenvalue weighted by Gasteiger charge is -2.34. The Labute approximate surface area is 142 Å². The molecule has 136 valence electrons. The molecule has 9 nitrogen and oxygen atoms in total. The largest absolute Gasteiger partial charge is 0.381 e. The van der Waals surface area contributed by atoms with Crippen LogP contribution < -0.4 is 5.32 Å². The highest BCUT2D eigenvalue weighted by Gasteiger charge is 2.32. The first-order valence-electron chi connectivity index (χ1n) is 7.81. The second-order valence-corrected chi connectivity index (χ2v) is 7.92. The third-order valence-corrected chi connectivity index (χ3v) is 5.83. The normalized spacial score (nSPS) is 16.7. The van der Waals surface area contributed by atoms with E-state index in [0.717, 1.165) is 0 Å². The summed E-state index contributed by atoms with van der Waals surface area (Å²) in [5.41, 5.74) is 0.181. The Hall–Kier alpha value is -1.49. The molecule has 1 aromatic rings. The highest BCUT2D eigenvalue weighted by molar-refractivity contribution is 7.86. The van der Waals surface area contributed by atoms with Gasteiger partial charge in [0.2, 0.25) is 0 Å². The molecular formula is C14H24N4O5S. The van der Waals surface area contributed by atoms with Crippen molar-refractivity contribution in [1.29, 1.82) is 0 Å². The lowest BCUT2D eigenvalue weighted by Crippen LogP contribution is -2.50. The van der Waals surface area contributed by atoms with E-state index in [9.17, 15) is 13.2 Å². The molecule has 2 heterocycles. The zero-order chi connectivity index (χ0) is 17.7. The molecule has 1 N–H and O–H groups in total. The number of rotatable bonds is 7. The number of nitrogens with one attached hydrogen (secondary N) is 1. The van der Waals surface area contributed by atoms with Gasteiger partial charge in [0.15, 0.2) is 5.69 Å². The molecule has 1 aromatic heterocycles. The number of hydrogen-bond donors (Lipinski definition) is 1. The van der Waals surface area contributed by atoms with E-state index < -0.39 is 10.2 Å². The van der Waals surface area contributed by atoms with Crippen molar-refractivity contribution in [2.45, 2.75) is 25.8 Å². The minimum Gasteiger partial charge on any atom is -0.381 e. The number of ether oxygens (including phenoxy) is 1. The summed E-state index contributed by atoms with van der Waals surface area (Å²) in [6.45, 7) is 3.15. The first-order chi connectivity index (χ1) is 11.3. The van der Waals surface area contributed by atoms with E-state index in [1.165, 1.54) is 28.8 Å². The lowest BCUT2D eigenvalue weighted by atomic mass is 10.1. The predicted molar refractivity (Wildman–Crippen MR) is 86.7 cm³/mol. The van der Waals surface area contributed by atoms with Gasteiger partial charge < -0.3 is 14.6 Å². The molecule has 24 heavy (non-hydrogen) atoms. The van der Waals surface area contributed by atoms with Crippen LogP contribution in [-0.2, 0) is 14.9 Å². The monoisotopic (exact) mass is 360 g/mol. The Balaban J connectivity index is 1.99. The van der Waals surface area contributed by atoms with Crippen LogP contribution in [0, 0.1) is 6.92 Å². The molecule has 0 aromatic carbocycles. The Kier molecular flexibility index (Phi) is 6.33. The third-order valence-electron chi connectivity index (χ3n) is 3.83. The average molecular weight is 360 g/mol. The molecule has 0 unspecified atom stereocenters. The molecular weight excluding hydrogens is 336 g/mol. The third kappa shape index (κ3) is 4.53. The summed E-state index contributed by atoms with van der Waals surface area (Å²) in [5.74, 6) is 0.153. The summed E-state index contributed by atoms with van der Waals surface area (Å²) < 4.78 is 37.9. The van der Waals surface area contributed by atoms with Crippen LogP contribution >= 0.6 is 0 Å². The number of hydrogen-bond acceptors (Lipinski definition) is 6. The van der Waals surface area contributed by atoms with Gasteiger partial charge in [-0.25, -0.2) is 0 Å². The molecule has 0 aliphatic carbocycles. The van der Waals surface area contributed by atoms with Gasteiger partial charge >= 0.3 is 0 Å². The topological polar surface area (TPSA) is 105 Å². The first kappa shape index (κ1) is 18.8. The summed E-state index contributed by atoms with van der Waals surface area (Å²) in [7, 11) is -0.575. The van der Waals surface area contributed by atoms with E-state index in [1.54, 1.807) is 6.92 Å². The molecule has 0 spiro atoms. The Morgan fingerprint density at radius 3 is 2.58 bits per heavy atom. The van der Waals surface area contributed by atoms with Crippen LogP contribution in [0.3, 0.4) is 0 Å². The highest BCUT2D eigenvalue weighted by atomic mass is 32.2. The number of nitrogens with zero attached hydrogens (tertiary/aromatic N) is 3. The molecule has 0 atom stereocenters. The van der Waals surface area contributed by atoms with Crippen LogP contribution in [0.1, 0.15) is 29.1 Å². The predicted octanol–water partition coefficient (Wildman–Crippen LogP) is 0.000220. The maximum absolute atomic E-state index is 12.5. The molecule has 1 aliphatic rings. The van der Waals surface area contributed by atoms with E-state index in [4.69, 9.17) is 9.26 Å². The van der Waals surface area contributed by atoms with E-state index in [-0.39, 0.29) is 30.7 Å². The summed E-state index contributed by atoms with van der Waals surface area (Å²) in [4.78, 5) is 12.0. The van der Waals surface area contributed by atoms with Gasteiger partial charge in [0.25, 0.3) is 16.1 Å². The van der Waals surface area contributed by atoms with Gasteiger partial charge in [-0.2, -0.15) is 17.0 Å². The fourth-order valence-electron chi connectivity index (χ4n) is 2.51. The second kappa shape index (κ2) is 8.06. The molecule has 0 radical (unpaired) electrons. The number of carbonyl (C=O) groups is 1. The standard InChI is InChI=1S/C14H24N4O5S/c1-11-10-13(16-23-11)14(19)15-6-7-18(24(20,21)17(2)3)12-4-8-22-9-5-12/h10,12H,4-9H2,1-3H3,(H,15,19). The van der Waals surface area contributed by atoms with Crippen molar-refractivity contribution in [3.63, 3.8) is 0 Å². The molecule has 1 aliphatic heterocycles. The van der Waals surface area contributed by atoms with Gasteiger partial charge in [-0.3, -0.25) is 4.79 Å². The maximum Gasteiger partial charge on any atom is 0.281 e. The van der Waals surface area contributed by atoms with Crippen LogP contribution in [0.5, 0.6) is 0 Å². The summed E-state index contributed by atoms with van der Waals surface area (Å²) in [6, 6.07) is 1.40. The number of aryl methyl sites for hydroxylation is 1. The minimum absolute atomic E-state index is 0.127. The number of aromatic nitrogens is 1.